The highest BCUT2D eigenvalue weighted by Crippen LogP contribution is 2.36. The van der Waals surface area contributed by atoms with Gasteiger partial charge in [-0.25, -0.2) is 0 Å². The van der Waals surface area contributed by atoms with Gasteiger partial charge in [-0.15, -0.1) is 0 Å². The average molecular weight is 431 g/mol. The monoisotopic (exact) mass is 430 g/mol. The number of benzene rings is 2. The van der Waals surface area contributed by atoms with Crippen LogP contribution in [0, 0.1) is 0 Å². The molecule has 0 spiro atoms. The Morgan fingerprint density at radius 2 is 1.43 bits per heavy atom. The molecule has 0 fully saturated rings. The Morgan fingerprint density at radius 1 is 0.933 bits per heavy atom. The molecule has 2 N–H and O–H groups in total. The molecule has 5 nitrogen and oxygen atoms in total. The fourth-order valence-electron chi connectivity index (χ4n) is 3.86. The zero-order valence-corrected chi connectivity index (χ0v) is 19.4. The zero-order valence-electron chi connectivity index (χ0n) is 18.4. The lowest BCUT2D eigenvalue weighted by molar-refractivity contribution is -0.145. The van der Waals surface area contributed by atoms with Crippen LogP contribution in [0.2, 0.25) is 5.04 Å². The number of hydrogen-bond acceptors (Lipinski definition) is 5. The Balaban J connectivity index is 2.25. The van der Waals surface area contributed by atoms with Crippen molar-refractivity contribution in [1.29, 1.82) is 0 Å². The molecule has 30 heavy (non-hydrogen) atoms. The number of aliphatic hydroxyl groups excluding tert-OH is 2. The van der Waals surface area contributed by atoms with Crippen LogP contribution in [0.5, 0.6) is 0 Å². The van der Waals surface area contributed by atoms with Gasteiger partial charge in [0, 0.05) is 6.42 Å². The first-order valence-corrected chi connectivity index (χ1v) is 12.4. The van der Waals surface area contributed by atoms with Crippen molar-refractivity contribution in [2.45, 2.75) is 57.8 Å². The predicted octanol–water partition coefficient (Wildman–Crippen LogP) is 2.63. The molecular formula is C24H34O5Si. The van der Waals surface area contributed by atoms with Gasteiger partial charge in [-0.1, -0.05) is 81.4 Å². The van der Waals surface area contributed by atoms with Gasteiger partial charge in [0.25, 0.3) is 8.32 Å². The van der Waals surface area contributed by atoms with Crippen LogP contribution in [0.15, 0.2) is 60.7 Å². The van der Waals surface area contributed by atoms with E-state index in [1.165, 1.54) is 0 Å². The van der Waals surface area contributed by atoms with Gasteiger partial charge in [0.2, 0.25) is 0 Å². The highest BCUT2D eigenvalue weighted by molar-refractivity contribution is 6.99. The lowest BCUT2D eigenvalue weighted by Crippen LogP contribution is -2.67. The van der Waals surface area contributed by atoms with E-state index in [2.05, 4.69) is 45.0 Å². The fourth-order valence-corrected chi connectivity index (χ4v) is 8.46. The Morgan fingerprint density at radius 3 is 1.87 bits per heavy atom. The van der Waals surface area contributed by atoms with E-state index in [-0.39, 0.29) is 31.1 Å². The summed E-state index contributed by atoms with van der Waals surface area (Å²) < 4.78 is 11.5. The van der Waals surface area contributed by atoms with Gasteiger partial charge in [0.15, 0.2) is 0 Å². The molecule has 0 heterocycles. The molecule has 0 aliphatic heterocycles. The maximum absolute atomic E-state index is 11.6. The van der Waals surface area contributed by atoms with E-state index in [1.54, 1.807) is 6.92 Å². The van der Waals surface area contributed by atoms with Crippen LogP contribution in [0.4, 0.5) is 0 Å². The van der Waals surface area contributed by atoms with E-state index in [1.807, 2.05) is 36.4 Å². The number of esters is 1. The SMILES string of the molecule is CCOC(=O)C[C@@H](O)C[C@H](O)CO[Si](c1ccccc1)(c1ccccc1)C(C)(C)C. The number of rotatable bonds is 10. The van der Waals surface area contributed by atoms with E-state index in [9.17, 15) is 15.0 Å². The van der Waals surface area contributed by atoms with Crippen molar-refractivity contribution in [2.24, 2.45) is 0 Å². The molecule has 0 radical (unpaired) electrons. The molecule has 2 aromatic rings. The molecule has 0 bridgehead atoms. The van der Waals surface area contributed by atoms with E-state index in [4.69, 9.17) is 9.16 Å². The average Bonchev–Trinajstić information content (AvgIpc) is 2.69. The van der Waals surface area contributed by atoms with Gasteiger partial charge in [-0.2, -0.15) is 0 Å². The first-order valence-electron chi connectivity index (χ1n) is 10.5. The van der Waals surface area contributed by atoms with Gasteiger partial charge in [0.05, 0.1) is 31.8 Å². The summed E-state index contributed by atoms with van der Waals surface area (Å²) in [7, 11) is -2.74. The number of hydrogen-bond donors (Lipinski definition) is 2. The van der Waals surface area contributed by atoms with Crippen molar-refractivity contribution < 1.29 is 24.2 Å². The van der Waals surface area contributed by atoms with Crippen LogP contribution in [0.25, 0.3) is 0 Å². The third kappa shape index (κ3) is 6.01. The zero-order chi connectivity index (χ0) is 22.2. The summed E-state index contributed by atoms with van der Waals surface area (Å²) in [4.78, 5) is 11.6. The third-order valence-electron chi connectivity index (χ3n) is 5.16. The molecule has 0 saturated heterocycles. The van der Waals surface area contributed by atoms with Crippen molar-refractivity contribution in [3.05, 3.63) is 60.7 Å². The lowest BCUT2D eigenvalue weighted by Gasteiger charge is -2.43. The molecular weight excluding hydrogens is 396 g/mol. The van der Waals surface area contributed by atoms with Crippen molar-refractivity contribution in [3.63, 3.8) is 0 Å². The van der Waals surface area contributed by atoms with Gasteiger partial charge < -0.3 is 19.4 Å². The second kappa shape index (κ2) is 10.9. The van der Waals surface area contributed by atoms with Gasteiger partial charge in [0.1, 0.15) is 0 Å². The van der Waals surface area contributed by atoms with Crippen LogP contribution in [0.3, 0.4) is 0 Å². The summed E-state index contributed by atoms with van der Waals surface area (Å²) in [6, 6.07) is 20.4. The minimum Gasteiger partial charge on any atom is -0.466 e. The molecule has 2 rings (SSSR count). The maximum Gasteiger partial charge on any atom is 0.308 e. The van der Waals surface area contributed by atoms with Crippen molar-refractivity contribution in [2.75, 3.05) is 13.2 Å². The number of carbonyl (C=O) groups is 1. The van der Waals surface area contributed by atoms with Gasteiger partial charge >= 0.3 is 5.97 Å². The topological polar surface area (TPSA) is 76.0 Å². The summed E-state index contributed by atoms with van der Waals surface area (Å²) in [5.74, 6) is -0.467. The quantitative estimate of drug-likeness (QED) is 0.448. The summed E-state index contributed by atoms with van der Waals surface area (Å²) in [5.41, 5.74) is 0. The van der Waals surface area contributed by atoms with Crippen LogP contribution >= 0.6 is 0 Å². The van der Waals surface area contributed by atoms with Crippen LogP contribution in [-0.4, -0.2) is 49.9 Å². The predicted molar refractivity (Wildman–Crippen MR) is 121 cm³/mol. The van der Waals surface area contributed by atoms with E-state index in [0.29, 0.717) is 0 Å². The van der Waals surface area contributed by atoms with Crippen molar-refractivity contribution in [3.8, 4) is 0 Å². The van der Waals surface area contributed by atoms with Crippen molar-refractivity contribution >= 4 is 24.7 Å². The van der Waals surface area contributed by atoms with E-state index in [0.717, 1.165) is 10.4 Å². The maximum atomic E-state index is 11.6. The summed E-state index contributed by atoms with van der Waals surface area (Å²) >= 11 is 0. The highest BCUT2D eigenvalue weighted by Gasteiger charge is 2.50. The Labute approximate surface area is 180 Å². The molecule has 2 atom stereocenters. The third-order valence-corrected chi connectivity index (χ3v) is 10.2. The highest BCUT2D eigenvalue weighted by atomic mass is 28.4. The summed E-state index contributed by atoms with van der Waals surface area (Å²) in [6.45, 7) is 8.57. The fraction of sp³-hybridized carbons (Fsp3) is 0.458. The van der Waals surface area contributed by atoms with E-state index < -0.39 is 26.5 Å². The second-order valence-electron chi connectivity index (χ2n) is 8.53. The number of ether oxygens (including phenoxy) is 1. The smallest absolute Gasteiger partial charge is 0.308 e. The molecule has 0 saturated carbocycles. The second-order valence-corrected chi connectivity index (χ2v) is 12.8. The molecule has 0 amide bonds. The molecule has 164 valence electrons. The normalized spacial score (nSPS) is 14.2. The molecule has 0 aliphatic carbocycles. The number of aliphatic hydroxyl groups is 2. The minimum atomic E-state index is -2.74. The van der Waals surface area contributed by atoms with Gasteiger partial charge in [-0.3, -0.25) is 4.79 Å². The minimum absolute atomic E-state index is 0.0526. The van der Waals surface area contributed by atoms with Crippen LogP contribution < -0.4 is 10.4 Å². The molecule has 0 aliphatic rings. The number of carbonyl (C=O) groups excluding carboxylic acids is 1. The van der Waals surface area contributed by atoms with E-state index >= 15 is 0 Å². The Hall–Kier alpha value is -1.99. The Bertz CT molecular complexity index is 734. The summed E-state index contributed by atoms with van der Waals surface area (Å²) in [5, 5.41) is 22.8. The van der Waals surface area contributed by atoms with Crippen LogP contribution in [0.1, 0.15) is 40.5 Å². The molecule has 0 aromatic heterocycles. The first kappa shape index (κ1) is 24.3. The molecule has 6 heteroatoms. The summed E-state index contributed by atoms with van der Waals surface area (Å²) in [6.07, 6.45) is -1.95. The lowest BCUT2D eigenvalue weighted by atomic mass is 10.1. The molecule has 0 unspecified atom stereocenters. The van der Waals surface area contributed by atoms with Gasteiger partial charge in [-0.05, 0) is 22.3 Å². The first-order chi connectivity index (χ1) is 14.2. The molecule has 2 aromatic carbocycles. The largest absolute Gasteiger partial charge is 0.466 e. The Kier molecular flexibility index (Phi) is 8.79. The standard InChI is InChI=1S/C24H34O5Si/c1-5-28-23(27)17-19(25)16-20(26)18-29-30(24(2,3)4,21-12-8-6-9-13-21)22-14-10-7-11-15-22/h6-15,19-20,25-26H,5,16-18H2,1-4H3/t19-,20-/m0/s1. The van der Waals surface area contributed by atoms with Crippen LogP contribution in [-0.2, 0) is 14.0 Å². The van der Waals surface area contributed by atoms with Crippen molar-refractivity contribution in [1.82, 2.24) is 0 Å².